The molecule has 1 rings (SSSR count). The zero-order valence-corrected chi connectivity index (χ0v) is 9.38. The maximum atomic E-state index is 11.6. The molecule has 0 fully saturated rings. The zero-order chi connectivity index (χ0) is 11.1. The molecule has 1 amide bonds. The summed E-state index contributed by atoms with van der Waals surface area (Å²) in [6.07, 6.45) is 0.798. The Morgan fingerprint density at radius 3 is 2.87 bits per heavy atom. The highest BCUT2D eigenvalue weighted by molar-refractivity contribution is 6.33. The fourth-order valence-electron chi connectivity index (χ4n) is 1.16. The van der Waals surface area contributed by atoms with E-state index in [1.807, 2.05) is 0 Å². The number of nitrogens with one attached hydrogen (secondary N) is 1. The number of carbonyl (C=O) groups excluding carboxylic acids is 1. The molecule has 0 spiro atoms. The van der Waals surface area contributed by atoms with Gasteiger partial charge >= 0.3 is 0 Å². The van der Waals surface area contributed by atoms with Crippen molar-refractivity contribution in [3.05, 3.63) is 34.9 Å². The van der Waals surface area contributed by atoms with E-state index in [4.69, 9.17) is 16.3 Å². The van der Waals surface area contributed by atoms with E-state index in [9.17, 15) is 4.79 Å². The van der Waals surface area contributed by atoms with Crippen molar-refractivity contribution in [1.82, 2.24) is 5.32 Å². The monoisotopic (exact) mass is 227 g/mol. The summed E-state index contributed by atoms with van der Waals surface area (Å²) in [6, 6.07) is 6.99. The highest BCUT2D eigenvalue weighted by Gasteiger charge is 2.07. The molecular formula is C11H14ClNO2. The van der Waals surface area contributed by atoms with Crippen LogP contribution in [0.4, 0.5) is 0 Å². The average Bonchev–Trinajstić information content (AvgIpc) is 2.25. The summed E-state index contributed by atoms with van der Waals surface area (Å²) in [4.78, 5) is 11.6. The quantitative estimate of drug-likeness (QED) is 0.783. The largest absolute Gasteiger partial charge is 0.385 e. The van der Waals surface area contributed by atoms with Gasteiger partial charge in [-0.25, -0.2) is 0 Å². The number of hydrogen-bond acceptors (Lipinski definition) is 2. The van der Waals surface area contributed by atoms with Crippen LogP contribution in [0.3, 0.4) is 0 Å². The van der Waals surface area contributed by atoms with Crippen LogP contribution in [-0.2, 0) is 4.74 Å². The van der Waals surface area contributed by atoms with Gasteiger partial charge in [0.25, 0.3) is 5.91 Å². The molecule has 0 saturated heterocycles. The maximum Gasteiger partial charge on any atom is 0.252 e. The lowest BCUT2D eigenvalue weighted by Gasteiger charge is -2.05. The normalized spacial score (nSPS) is 10.0. The number of carbonyl (C=O) groups is 1. The lowest BCUT2D eigenvalue weighted by molar-refractivity contribution is 0.0949. The van der Waals surface area contributed by atoms with Gasteiger partial charge in [-0.2, -0.15) is 0 Å². The third kappa shape index (κ3) is 3.90. The van der Waals surface area contributed by atoms with E-state index in [1.54, 1.807) is 31.4 Å². The van der Waals surface area contributed by atoms with Crippen LogP contribution in [-0.4, -0.2) is 26.2 Å². The Morgan fingerprint density at radius 1 is 1.47 bits per heavy atom. The first-order chi connectivity index (χ1) is 7.25. The molecule has 0 heterocycles. The third-order valence-corrected chi connectivity index (χ3v) is 2.26. The van der Waals surface area contributed by atoms with E-state index in [-0.39, 0.29) is 5.91 Å². The van der Waals surface area contributed by atoms with Crippen LogP contribution in [0.1, 0.15) is 16.8 Å². The smallest absolute Gasteiger partial charge is 0.252 e. The van der Waals surface area contributed by atoms with Crippen molar-refractivity contribution in [1.29, 1.82) is 0 Å². The Bertz CT molecular complexity index is 328. The number of methoxy groups -OCH3 is 1. The zero-order valence-electron chi connectivity index (χ0n) is 8.63. The number of ether oxygens (including phenoxy) is 1. The summed E-state index contributed by atoms with van der Waals surface area (Å²) in [5.41, 5.74) is 0.511. The van der Waals surface area contributed by atoms with Crippen LogP contribution in [0.15, 0.2) is 24.3 Å². The molecule has 0 aromatic heterocycles. The summed E-state index contributed by atoms with van der Waals surface area (Å²) >= 11 is 5.87. The predicted molar refractivity (Wildman–Crippen MR) is 60.3 cm³/mol. The molecule has 1 aromatic carbocycles. The minimum Gasteiger partial charge on any atom is -0.385 e. The fourth-order valence-corrected chi connectivity index (χ4v) is 1.38. The Labute approximate surface area is 94.4 Å². The van der Waals surface area contributed by atoms with Gasteiger partial charge in [-0.1, -0.05) is 23.7 Å². The minimum atomic E-state index is -0.142. The average molecular weight is 228 g/mol. The van der Waals surface area contributed by atoms with E-state index >= 15 is 0 Å². The molecule has 82 valence electrons. The van der Waals surface area contributed by atoms with Crippen molar-refractivity contribution >= 4 is 17.5 Å². The molecule has 0 atom stereocenters. The molecule has 1 N–H and O–H groups in total. The molecule has 0 aliphatic heterocycles. The van der Waals surface area contributed by atoms with E-state index in [1.165, 1.54) is 0 Å². The van der Waals surface area contributed by atoms with Crippen LogP contribution in [0.25, 0.3) is 0 Å². The van der Waals surface area contributed by atoms with Crippen molar-refractivity contribution in [2.75, 3.05) is 20.3 Å². The lowest BCUT2D eigenvalue weighted by atomic mass is 10.2. The van der Waals surface area contributed by atoms with Gasteiger partial charge in [-0.05, 0) is 18.6 Å². The van der Waals surface area contributed by atoms with Gasteiger partial charge in [0, 0.05) is 20.3 Å². The summed E-state index contributed by atoms with van der Waals surface area (Å²) in [5, 5.41) is 3.25. The van der Waals surface area contributed by atoms with Crippen LogP contribution in [0, 0.1) is 0 Å². The highest BCUT2D eigenvalue weighted by atomic mass is 35.5. The Kier molecular flexibility index (Phi) is 5.15. The topological polar surface area (TPSA) is 38.3 Å². The Balaban J connectivity index is 2.44. The predicted octanol–water partition coefficient (Wildman–Crippen LogP) is 2.11. The van der Waals surface area contributed by atoms with Gasteiger partial charge in [0.15, 0.2) is 0 Å². The van der Waals surface area contributed by atoms with E-state index < -0.39 is 0 Å². The summed E-state index contributed by atoms with van der Waals surface area (Å²) in [7, 11) is 1.63. The number of benzene rings is 1. The molecule has 4 heteroatoms. The summed E-state index contributed by atoms with van der Waals surface area (Å²) < 4.78 is 4.88. The molecule has 1 aromatic rings. The van der Waals surface area contributed by atoms with Crippen molar-refractivity contribution in [3.8, 4) is 0 Å². The highest BCUT2D eigenvalue weighted by Crippen LogP contribution is 2.14. The van der Waals surface area contributed by atoms with Gasteiger partial charge in [0.1, 0.15) is 0 Å². The standard InChI is InChI=1S/C11H14ClNO2/c1-15-8-4-7-13-11(14)9-5-2-3-6-10(9)12/h2-3,5-6H,4,7-8H2,1H3,(H,13,14). The lowest BCUT2D eigenvalue weighted by Crippen LogP contribution is -2.25. The van der Waals surface area contributed by atoms with Crippen molar-refractivity contribution in [2.24, 2.45) is 0 Å². The molecule has 0 aliphatic rings. The van der Waals surface area contributed by atoms with Crippen LogP contribution in [0.5, 0.6) is 0 Å². The molecule has 15 heavy (non-hydrogen) atoms. The second kappa shape index (κ2) is 6.43. The molecule has 0 bridgehead atoms. The van der Waals surface area contributed by atoms with E-state index in [0.717, 1.165) is 6.42 Å². The second-order valence-corrected chi connectivity index (χ2v) is 3.49. The number of halogens is 1. The number of hydrogen-bond donors (Lipinski definition) is 1. The van der Waals surface area contributed by atoms with E-state index in [2.05, 4.69) is 5.32 Å². The number of amides is 1. The van der Waals surface area contributed by atoms with Crippen LogP contribution < -0.4 is 5.32 Å². The van der Waals surface area contributed by atoms with Gasteiger partial charge in [0.2, 0.25) is 0 Å². The molecule has 0 aliphatic carbocycles. The number of rotatable bonds is 5. The molecular weight excluding hydrogens is 214 g/mol. The molecule has 3 nitrogen and oxygen atoms in total. The fraction of sp³-hybridized carbons (Fsp3) is 0.364. The van der Waals surface area contributed by atoms with Crippen LogP contribution >= 0.6 is 11.6 Å². The third-order valence-electron chi connectivity index (χ3n) is 1.93. The van der Waals surface area contributed by atoms with Crippen LogP contribution in [0.2, 0.25) is 5.02 Å². The maximum absolute atomic E-state index is 11.6. The molecule has 0 radical (unpaired) electrons. The minimum absolute atomic E-state index is 0.142. The SMILES string of the molecule is COCCCNC(=O)c1ccccc1Cl. The van der Waals surface area contributed by atoms with Gasteiger partial charge in [0.05, 0.1) is 10.6 Å². The first kappa shape index (κ1) is 12.0. The first-order valence-electron chi connectivity index (χ1n) is 4.77. The Hall–Kier alpha value is -1.06. The Morgan fingerprint density at radius 2 is 2.20 bits per heavy atom. The van der Waals surface area contributed by atoms with E-state index in [0.29, 0.717) is 23.7 Å². The molecule has 0 saturated carbocycles. The van der Waals surface area contributed by atoms with Crippen molar-refractivity contribution in [3.63, 3.8) is 0 Å². The molecule has 0 unspecified atom stereocenters. The second-order valence-electron chi connectivity index (χ2n) is 3.08. The summed E-state index contributed by atoms with van der Waals surface area (Å²) in [5.74, 6) is -0.142. The summed E-state index contributed by atoms with van der Waals surface area (Å²) in [6.45, 7) is 1.24. The van der Waals surface area contributed by atoms with Gasteiger partial charge in [-0.3, -0.25) is 4.79 Å². The van der Waals surface area contributed by atoms with Gasteiger partial charge < -0.3 is 10.1 Å². The first-order valence-corrected chi connectivity index (χ1v) is 5.15. The van der Waals surface area contributed by atoms with Gasteiger partial charge in [-0.15, -0.1) is 0 Å². The van der Waals surface area contributed by atoms with Crippen molar-refractivity contribution in [2.45, 2.75) is 6.42 Å². The van der Waals surface area contributed by atoms with Crippen molar-refractivity contribution < 1.29 is 9.53 Å².